The van der Waals surface area contributed by atoms with Crippen molar-refractivity contribution < 1.29 is 18.5 Å². The van der Waals surface area contributed by atoms with Crippen LogP contribution in [0.15, 0.2) is 0 Å². The van der Waals surface area contributed by atoms with Gasteiger partial charge in [-0.3, -0.25) is 4.57 Å². The summed E-state index contributed by atoms with van der Waals surface area (Å²) in [6.07, 6.45) is -0.993. The fourth-order valence-corrected chi connectivity index (χ4v) is 4.69. The molecule has 0 aromatic heterocycles. The van der Waals surface area contributed by atoms with Crippen molar-refractivity contribution in [2.24, 2.45) is 0 Å². The van der Waals surface area contributed by atoms with E-state index in [-0.39, 0.29) is 17.1 Å². The van der Waals surface area contributed by atoms with Gasteiger partial charge >= 0.3 is 0 Å². The summed E-state index contributed by atoms with van der Waals surface area (Å²) in [6.45, 7) is 0. The molecule has 0 aromatic carbocycles. The Labute approximate surface area is 139 Å². The van der Waals surface area contributed by atoms with Gasteiger partial charge in [0.15, 0.2) is 0 Å². The maximum atomic E-state index is 11.6. The molecule has 0 aromatic rings. The van der Waals surface area contributed by atoms with Gasteiger partial charge in [0.1, 0.15) is 0 Å². The summed E-state index contributed by atoms with van der Waals surface area (Å²) < 4.78 is 21.2. The first-order chi connectivity index (χ1) is 8.40. The fraction of sp³-hybridized carbons (Fsp3) is 1.00. The van der Waals surface area contributed by atoms with E-state index in [0.717, 1.165) is 0 Å². The Morgan fingerprint density at radius 2 is 1.83 bits per heavy atom. The second kappa shape index (κ2) is 10.6. The van der Waals surface area contributed by atoms with Gasteiger partial charge in [-0.25, -0.2) is 0 Å². The van der Waals surface area contributed by atoms with Gasteiger partial charge in [0.05, 0.1) is 23.5 Å². The van der Waals surface area contributed by atoms with E-state index in [4.69, 9.17) is 43.9 Å². The van der Waals surface area contributed by atoms with Crippen molar-refractivity contribution in [3.63, 3.8) is 0 Å². The van der Waals surface area contributed by atoms with E-state index in [9.17, 15) is 9.46 Å². The minimum absolute atomic E-state index is 0.0259. The minimum atomic E-state index is -4.48. The highest BCUT2D eigenvalue weighted by Crippen LogP contribution is 2.43. The summed E-state index contributed by atoms with van der Waals surface area (Å²) >= 11 is 23.4. The Balaban J connectivity index is 4.47. The maximum Gasteiger partial charge on any atom is 0.268 e. The third-order valence-corrected chi connectivity index (χ3v) is 5.24. The second-order valence-electron chi connectivity index (χ2n) is 3.28. The lowest BCUT2D eigenvalue weighted by atomic mass is 10.2. The number of phosphoric acid groups is 1. The van der Waals surface area contributed by atoms with E-state index in [1.54, 1.807) is 0 Å². The lowest BCUT2D eigenvalue weighted by molar-refractivity contribution is -0.231. The quantitative estimate of drug-likeness (QED) is 0.363. The molecule has 0 fully saturated rings. The zero-order chi connectivity index (χ0) is 14.2. The Kier molecular flexibility index (Phi) is 11.8. The number of rotatable bonds is 10. The van der Waals surface area contributed by atoms with Crippen LogP contribution in [0.5, 0.6) is 0 Å². The summed E-state index contributed by atoms with van der Waals surface area (Å²) in [5, 5.41) is 0.378. The molecule has 0 saturated carbocycles. The van der Waals surface area contributed by atoms with E-state index in [0.29, 0.717) is 11.8 Å². The van der Waals surface area contributed by atoms with Crippen molar-refractivity contribution >= 4 is 74.5 Å². The zero-order valence-corrected chi connectivity index (χ0v) is 15.6. The van der Waals surface area contributed by atoms with Gasteiger partial charge in [0.25, 0.3) is 7.82 Å². The van der Waals surface area contributed by atoms with Gasteiger partial charge in [-0.15, -0.1) is 34.8 Å². The second-order valence-corrected chi connectivity index (χ2v) is 7.21. The highest BCUT2D eigenvalue weighted by Gasteiger charge is 2.26. The van der Waals surface area contributed by atoms with Gasteiger partial charge in [-0.05, 0) is 6.42 Å². The fourth-order valence-electron chi connectivity index (χ4n) is 0.952. The van der Waals surface area contributed by atoms with Crippen LogP contribution in [0.4, 0.5) is 0 Å². The van der Waals surface area contributed by atoms with Crippen molar-refractivity contribution in [1.82, 2.24) is 0 Å². The van der Waals surface area contributed by atoms with E-state index >= 15 is 0 Å². The number of hydrogen-bond acceptors (Lipinski definition) is 4. The van der Waals surface area contributed by atoms with Crippen molar-refractivity contribution in [3.8, 4) is 0 Å². The van der Waals surface area contributed by atoms with E-state index in [2.05, 4.69) is 31.9 Å². The molecule has 0 spiro atoms. The molecule has 0 bridgehead atoms. The minimum Gasteiger partial charge on any atom is -0.756 e. The van der Waals surface area contributed by atoms with Gasteiger partial charge in [0, 0.05) is 16.5 Å². The van der Waals surface area contributed by atoms with Gasteiger partial charge < -0.3 is 13.9 Å². The average molecular weight is 470 g/mol. The van der Waals surface area contributed by atoms with Crippen LogP contribution in [0.1, 0.15) is 6.42 Å². The maximum absolute atomic E-state index is 11.6. The molecule has 18 heavy (non-hydrogen) atoms. The number of phosphoric ester groups is 1. The first-order valence-corrected chi connectivity index (χ1v) is 10.2. The van der Waals surface area contributed by atoms with Crippen LogP contribution < -0.4 is 4.89 Å². The summed E-state index contributed by atoms with van der Waals surface area (Å²) in [5.41, 5.74) is 0. The van der Waals surface area contributed by atoms with Crippen LogP contribution >= 0.6 is 74.5 Å². The molecule has 4 atom stereocenters. The molecule has 10 heteroatoms. The number of hydrogen-bond donors (Lipinski definition) is 0. The Morgan fingerprint density at radius 1 is 1.22 bits per heavy atom. The van der Waals surface area contributed by atoms with Crippen molar-refractivity contribution in [3.05, 3.63) is 0 Å². The third kappa shape index (κ3) is 8.28. The molecule has 0 N–H and O–H groups in total. The molecular weight excluding hydrogens is 457 g/mol. The lowest BCUT2D eigenvalue weighted by Gasteiger charge is -2.31. The smallest absolute Gasteiger partial charge is 0.268 e. The highest BCUT2D eigenvalue weighted by atomic mass is 79.9. The first-order valence-electron chi connectivity index (χ1n) is 4.96. The average Bonchev–Trinajstić information content (AvgIpc) is 2.33. The van der Waals surface area contributed by atoms with Gasteiger partial charge in [0.2, 0.25) is 0 Å². The summed E-state index contributed by atoms with van der Waals surface area (Å²) in [7, 11) is -4.48. The molecule has 0 heterocycles. The Morgan fingerprint density at radius 3 is 2.22 bits per heavy atom. The van der Waals surface area contributed by atoms with Crippen molar-refractivity contribution in [1.29, 1.82) is 0 Å². The van der Waals surface area contributed by atoms with Gasteiger partial charge in [-0.2, -0.15) is 0 Å². The topological polar surface area (TPSA) is 58.6 Å². The molecular formula is C8H13Br2Cl3O4P-. The van der Waals surface area contributed by atoms with Crippen molar-refractivity contribution in [2.45, 2.75) is 24.0 Å². The molecule has 0 radical (unpaired) electrons. The summed E-state index contributed by atoms with van der Waals surface area (Å²) in [4.78, 5) is 11.6. The molecule has 0 aliphatic rings. The molecule has 0 aliphatic carbocycles. The number of alkyl halides is 5. The standard InChI is InChI=1S/C8H14Br2Cl3O4P/c9-2-1-7(13)8(5-12)17-18(14,15)16-6(3-10)4-11/h6-8H,1-5H2,(H,14,15)/p-1. The molecule has 0 aliphatic heterocycles. The molecule has 0 rings (SSSR count). The Hall–Kier alpha value is 1.94. The summed E-state index contributed by atoms with van der Waals surface area (Å²) in [6, 6.07) is 0. The van der Waals surface area contributed by atoms with Crippen LogP contribution in [0.25, 0.3) is 0 Å². The normalized spacial score (nSPS) is 20.1. The van der Waals surface area contributed by atoms with Crippen LogP contribution in [0.3, 0.4) is 0 Å². The SMILES string of the molecule is O=P([O-])(OC(CCl)CBr)OC(CCl)C(Cl)CCBr. The molecule has 0 saturated heterocycles. The van der Waals surface area contributed by atoms with Crippen LogP contribution in [-0.4, -0.2) is 40.0 Å². The first kappa shape index (κ1) is 19.9. The van der Waals surface area contributed by atoms with Crippen LogP contribution in [-0.2, 0) is 13.6 Å². The third-order valence-electron chi connectivity index (χ3n) is 1.83. The largest absolute Gasteiger partial charge is 0.756 e. The highest BCUT2D eigenvalue weighted by molar-refractivity contribution is 9.09. The lowest BCUT2D eigenvalue weighted by Crippen LogP contribution is -2.30. The predicted molar refractivity (Wildman–Crippen MR) is 80.6 cm³/mol. The molecule has 4 nitrogen and oxygen atoms in total. The number of halogens is 5. The molecule has 110 valence electrons. The van der Waals surface area contributed by atoms with Crippen LogP contribution in [0, 0.1) is 0 Å². The van der Waals surface area contributed by atoms with Gasteiger partial charge in [-0.1, -0.05) is 31.9 Å². The van der Waals surface area contributed by atoms with E-state index in [1.165, 1.54) is 0 Å². The molecule has 0 amide bonds. The summed E-state index contributed by atoms with van der Waals surface area (Å²) in [5.74, 6) is -0.0192. The van der Waals surface area contributed by atoms with E-state index in [1.807, 2.05) is 0 Å². The van der Waals surface area contributed by atoms with E-state index < -0.39 is 25.4 Å². The monoisotopic (exact) mass is 467 g/mol. The predicted octanol–water partition coefficient (Wildman–Crippen LogP) is 3.49. The molecule has 4 unspecified atom stereocenters. The Bertz CT molecular complexity index is 271. The zero-order valence-electron chi connectivity index (χ0n) is 9.24. The van der Waals surface area contributed by atoms with Crippen LogP contribution in [0.2, 0.25) is 0 Å². The van der Waals surface area contributed by atoms with Crippen molar-refractivity contribution in [2.75, 3.05) is 22.4 Å².